The van der Waals surface area contributed by atoms with E-state index in [2.05, 4.69) is 30.1 Å². The van der Waals surface area contributed by atoms with Gasteiger partial charge in [0, 0.05) is 23.5 Å². The molecule has 1 amide bonds. The number of benzene rings is 2. The molecule has 3 N–H and O–H groups in total. The number of nitrogens with one attached hydrogen (secondary N) is 1. The van der Waals surface area contributed by atoms with E-state index in [1.54, 1.807) is 12.1 Å². The van der Waals surface area contributed by atoms with E-state index >= 15 is 0 Å². The second kappa shape index (κ2) is 11.0. The first-order valence-electron chi connectivity index (χ1n) is 8.02. The molecule has 2 aromatic rings. The summed E-state index contributed by atoms with van der Waals surface area (Å²) in [6, 6.07) is 13.4. The van der Waals surface area contributed by atoms with Crippen LogP contribution in [0.1, 0.15) is 35.3 Å². The van der Waals surface area contributed by atoms with Crippen molar-refractivity contribution in [1.29, 1.82) is 0 Å². The molecule has 25 heavy (non-hydrogen) atoms. The standard InChI is InChI=1S/C19H25N3O.2ClH/c1-4-22(5-2)13-15-7-6-8-17(11-15)21-19(23)18-12-16(20)10-9-14(18)3;;/h6-12H,4-5,13,20H2,1-3H3,(H,21,23);2*1H. The van der Waals surface area contributed by atoms with Crippen LogP contribution in [0.5, 0.6) is 0 Å². The topological polar surface area (TPSA) is 58.4 Å². The Bertz CT molecular complexity index is 688. The summed E-state index contributed by atoms with van der Waals surface area (Å²) in [5, 5.41) is 2.96. The predicted molar refractivity (Wildman–Crippen MR) is 111 cm³/mol. The minimum atomic E-state index is -0.130. The van der Waals surface area contributed by atoms with Gasteiger partial charge in [0.15, 0.2) is 0 Å². The summed E-state index contributed by atoms with van der Waals surface area (Å²) in [7, 11) is 0. The Morgan fingerprint density at radius 1 is 1.08 bits per heavy atom. The molecule has 0 unspecified atom stereocenters. The number of rotatable bonds is 6. The fourth-order valence-electron chi connectivity index (χ4n) is 2.54. The number of nitrogens with zero attached hydrogens (tertiary/aromatic N) is 1. The molecule has 0 aliphatic carbocycles. The van der Waals surface area contributed by atoms with Crippen LogP contribution in [0.15, 0.2) is 42.5 Å². The van der Waals surface area contributed by atoms with Crippen molar-refractivity contribution in [3.63, 3.8) is 0 Å². The lowest BCUT2D eigenvalue weighted by molar-refractivity contribution is 0.102. The molecule has 0 aromatic heterocycles. The van der Waals surface area contributed by atoms with Gasteiger partial charge >= 0.3 is 0 Å². The predicted octanol–water partition coefficient (Wildman–Crippen LogP) is 4.51. The number of hydrogen-bond acceptors (Lipinski definition) is 3. The van der Waals surface area contributed by atoms with Gasteiger partial charge in [-0.05, 0) is 55.4 Å². The second-order valence-electron chi connectivity index (χ2n) is 5.69. The van der Waals surface area contributed by atoms with Gasteiger partial charge in [0.25, 0.3) is 5.91 Å². The lowest BCUT2D eigenvalue weighted by atomic mass is 10.1. The molecule has 138 valence electrons. The normalized spacial score (nSPS) is 9.92. The van der Waals surface area contributed by atoms with E-state index < -0.39 is 0 Å². The molecule has 0 fully saturated rings. The van der Waals surface area contributed by atoms with E-state index in [-0.39, 0.29) is 30.7 Å². The summed E-state index contributed by atoms with van der Waals surface area (Å²) in [5.41, 5.74) is 9.90. The quantitative estimate of drug-likeness (QED) is 0.721. The van der Waals surface area contributed by atoms with Crippen molar-refractivity contribution >= 4 is 42.1 Å². The van der Waals surface area contributed by atoms with Crippen molar-refractivity contribution in [3.05, 3.63) is 59.2 Å². The Kier molecular flexibility index (Phi) is 10.2. The molecule has 0 radical (unpaired) electrons. The van der Waals surface area contributed by atoms with Gasteiger partial charge < -0.3 is 11.1 Å². The first-order chi connectivity index (χ1) is 11.0. The van der Waals surface area contributed by atoms with Crippen LogP contribution in [0, 0.1) is 6.92 Å². The molecular weight excluding hydrogens is 357 g/mol. The molecule has 0 aliphatic heterocycles. The van der Waals surface area contributed by atoms with Gasteiger partial charge in [-0.1, -0.05) is 32.0 Å². The van der Waals surface area contributed by atoms with Gasteiger partial charge in [0.05, 0.1) is 0 Å². The van der Waals surface area contributed by atoms with Crippen LogP contribution >= 0.6 is 24.8 Å². The van der Waals surface area contributed by atoms with Gasteiger partial charge in [-0.25, -0.2) is 0 Å². The SMILES string of the molecule is CCN(CC)Cc1cccc(NC(=O)c2cc(N)ccc2C)c1.Cl.Cl. The maximum absolute atomic E-state index is 12.5. The van der Waals surface area contributed by atoms with Crippen LogP contribution in [-0.4, -0.2) is 23.9 Å². The van der Waals surface area contributed by atoms with E-state index in [9.17, 15) is 4.79 Å². The van der Waals surface area contributed by atoms with Crippen molar-refractivity contribution in [2.75, 3.05) is 24.1 Å². The van der Waals surface area contributed by atoms with Gasteiger partial charge in [0.2, 0.25) is 0 Å². The fraction of sp³-hybridized carbons (Fsp3) is 0.316. The third kappa shape index (κ3) is 6.58. The van der Waals surface area contributed by atoms with Gasteiger partial charge in [-0.2, -0.15) is 0 Å². The van der Waals surface area contributed by atoms with Crippen LogP contribution < -0.4 is 11.1 Å². The van der Waals surface area contributed by atoms with Crippen LogP contribution in [0.25, 0.3) is 0 Å². The molecule has 0 saturated heterocycles. The van der Waals surface area contributed by atoms with Crippen molar-refractivity contribution < 1.29 is 4.79 Å². The van der Waals surface area contributed by atoms with Crippen LogP contribution in [0.2, 0.25) is 0 Å². The highest BCUT2D eigenvalue weighted by Gasteiger charge is 2.10. The Morgan fingerprint density at radius 3 is 2.40 bits per heavy atom. The molecular formula is C19H27Cl2N3O. The number of nitrogen functional groups attached to an aromatic ring is 1. The van der Waals surface area contributed by atoms with E-state index in [4.69, 9.17) is 5.73 Å². The van der Waals surface area contributed by atoms with Crippen molar-refractivity contribution in [1.82, 2.24) is 4.90 Å². The highest BCUT2D eigenvalue weighted by Crippen LogP contribution is 2.17. The number of halogens is 2. The molecule has 0 bridgehead atoms. The van der Waals surface area contributed by atoms with E-state index in [0.29, 0.717) is 11.3 Å². The average Bonchev–Trinajstić information content (AvgIpc) is 2.55. The average molecular weight is 384 g/mol. The summed E-state index contributed by atoms with van der Waals surface area (Å²) in [6.07, 6.45) is 0. The summed E-state index contributed by atoms with van der Waals surface area (Å²) in [6.45, 7) is 9.11. The zero-order valence-corrected chi connectivity index (χ0v) is 16.5. The molecule has 0 heterocycles. The highest BCUT2D eigenvalue weighted by molar-refractivity contribution is 6.05. The number of carbonyl (C=O) groups is 1. The lowest BCUT2D eigenvalue weighted by Gasteiger charge is -2.18. The number of amides is 1. The number of anilines is 2. The van der Waals surface area contributed by atoms with E-state index in [1.807, 2.05) is 31.2 Å². The third-order valence-corrected chi connectivity index (χ3v) is 3.99. The lowest BCUT2D eigenvalue weighted by Crippen LogP contribution is -2.22. The second-order valence-corrected chi connectivity index (χ2v) is 5.69. The van der Waals surface area contributed by atoms with Crippen LogP contribution in [0.3, 0.4) is 0 Å². The smallest absolute Gasteiger partial charge is 0.256 e. The minimum absolute atomic E-state index is 0. The Labute approximate surface area is 162 Å². The minimum Gasteiger partial charge on any atom is -0.399 e. The van der Waals surface area contributed by atoms with Gasteiger partial charge in [0.1, 0.15) is 0 Å². The van der Waals surface area contributed by atoms with Crippen molar-refractivity contribution in [3.8, 4) is 0 Å². The molecule has 0 atom stereocenters. The maximum Gasteiger partial charge on any atom is 0.256 e. The molecule has 0 saturated carbocycles. The number of hydrogen-bond donors (Lipinski definition) is 2. The van der Waals surface area contributed by atoms with Crippen LogP contribution in [0.4, 0.5) is 11.4 Å². The summed E-state index contributed by atoms with van der Waals surface area (Å²) >= 11 is 0. The fourth-order valence-corrected chi connectivity index (χ4v) is 2.54. The monoisotopic (exact) mass is 383 g/mol. The van der Waals surface area contributed by atoms with Gasteiger partial charge in [-0.3, -0.25) is 9.69 Å². The number of nitrogens with two attached hydrogens (primary N) is 1. The van der Waals surface area contributed by atoms with E-state index in [0.717, 1.165) is 30.9 Å². The molecule has 4 nitrogen and oxygen atoms in total. The maximum atomic E-state index is 12.5. The first kappa shape index (κ1) is 23.2. The molecule has 0 aliphatic rings. The highest BCUT2D eigenvalue weighted by atomic mass is 35.5. The molecule has 0 spiro atoms. The summed E-state index contributed by atoms with van der Waals surface area (Å²) in [5.74, 6) is -0.130. The molecule has 2 aromatic carbocycles. The Hall–Kier alpha value is -1.75. The van der Waals surface area contributed by atoms with Crippen LogP contribution in [-0.2, 0) is 6.54 Å². The summed E-state index contributed by atoms with van der Waals surface area (Å²) < 4.78 is 0. The zero-order valence-electron chi connectivity index (χ0n) is 14.9. The van der Waals surface area contributed by atoms with E-state index in [1.165, 1.54) is 5.56 Å². The first-order valence-corrected chi connectivity index (χ1v) is 8.02. The largest absolute Gasteiger partial charge is 0.399 e. The Balaban J connectivity index is 0.00000288. The number of aryl methyl sites for hydroxylation is 1. The molecule has 2 rings (SSSR count). The Morgan fingerprint density at radius 2 is 1.76 bits per heavy atom. The van der Waals surface area contributed by atoms with Crippen molar-refractivity contribution in [2.45, 2.75) is 27.3 Å². The number of carbonyl (C=O) groups excluding carboxylic acids is 1. The third-order valence-electron chi connectivity index (χ3n) is 3.99. The van der Waals surface area contributed by atoms with Crippen molar-refractivity contribution in [2.24, 2.45) is 0 Å². The van der Waals surface area contributed by atoms with Gasteiger partial charge in [-0.15, -0.1) is 24.8 Å². The summed E-state index contributed by atoms with van der Waals surface area (Å²) in [4.78, 5) is 14.8. The zero-order chi connectivity index (χ0) is 16.8. The molecule has 6 heteroatoms.